The Bertz CT molecular complexity index is 1200. The van der Waals surface area contributed by atoms with Gasteiger partial charge in [-0.25, -0.2) is 0 Å². The molecule has 1 saturated heterocycles. The first-order chi connectivity index (χ1) is 14.8. The van der Waals surface area contributed by atoms with Crippen molar-refractivity contribution in [3.63, 3.8) is 0 Å². The fourth-order valence-electron chi connectivity index (χ4n) is 4.68. The third-order valence-electron chi connectivity index (χ3n) is 6.39. The number of amides is 1. The molecule has 1 amide bonds. The van der Waals surface area contributed by atoms with Gasteiger partial charge in [0.15, 0.2) is 5.43 Å². The van der Waals surface area contributed by atoms with Gasteiger partial charge in [-0.3, -0.25) is 9.59 Å². The van der Waals surface area contributed by atoms with Gasteiger partial charge >= 0.3 is 0 Å². The minimum absolute atomic E-state index is 0.0147. The van der Waals surface area contributed by atoms with E-state index in [2.05, 4.69) is 32.9 Å². The zero-order valence-electron chi connectivity index (χ0n) is 18.2. The van der Waals surface area contributed by atoms with Crippen LogP contribution in [-0.2, 0) is 10.2 Å². The zero-order chi connectivity index (χ0) is 21.8. The molecule has 3 aromatic rings. The smallest absolute Gasteiger partial charge is 0.291 e. The molecule has 1 fully saturated rings. The van der Waals surface area contributed by atoms with E-state index in [0.29, 0.717) is 29.7 Å². The SMILES string of the molecule is CC(C)(C)c1ccc([C@@H]2c3c(oc4ccccc4c3=O)C(=O)N2C[C@@H]2CCCO2)cc1. The quantitative estimate of drug-likeness (QED) is 0.613. The summed E-state index contributed by atoms with van der Waals surface area (Å²) >= 11 is 0. The molecule has 5 rings (SSSR count). The van der Waals surface area contributed by atoms with Crippen LogP contribution in [0.25, 0.3) is 11.0 Å². The van der Waals surface area contributed by atoms with Crippen LogP contribution < -0.4 is 5.43 Å². The summed E-state index contributed by atoms with van der Waals surface area (Å²) in [6.07, 6.45) is 1.89. The van der Waals surface area contributed by atoms with Crippen LogP contribution in [0.15, 0.2) is 57.7 Å². The summed E-state index contributed by atoms with van der Waals surface area (Å²) < 4.78 is 11.8. The lowest BCUT2D eigenvalue weighted by atomic mass is 9.86. The van der Waals surface area contributed by atoms with Crippen LogP contribution in [0.4, 0.5) is 0 Å². The molecule has 5 nitrogen and oxygen atoms in total. The second kappa shape index (κ2) is 7.34. The molecule has 1 aromatic heterocycles. The van der Waals surface area contributed by atoms with Crippen LogP contribution in [0.1, 0.15) is 66.9 Å². The van der Waals surface area contributed by atoms with E-state index in [4.69, 9.17) is 9.15 Å². The predicted molar refractivity (Wildman–Crippen MR) is 119 cm³/mol. The van der Waals surface area contributed by atoms with Gasteiger partial charge in [-0.2, -0.15) is 0 Å². The number of carbonyl (C=O) groups excluding carboxylic acids is 1. The fraction of sp³-hybridized carbons (Fsp3) is 0.385. The summed E-state index contributed by atoms with van der Waals surface area (Å²) in [4.78, 5) is 28.7. The highest BCUT2D eigenvalue weighted by Gasteiger charge is 2.43. The number of para-hydroxylation sites is 1. The van der Waals surface area contributed by atoms with Crippen molar-refractivity contribution in [2.75, 3.05) is 13.2 Å². The molecule has 31 heavy (non-hydrogen) atoms. The molecular formula is C26H27NO4. The highest BCUT2D eigenvalue weighted by atomic mass is 16.5. The summed E-state index contributed by atoms with van der Waals surface area (Å²) in [5.41, 5.74) is 2.89. The van der Waals surface area contributed by atoms with Crippen LogP contribution in [0, 0.1) is 0 Å². The number of fused-ring (bicyclic) bond motifs is 2. The first-order valence-corrected chi connectivity index (χ1v) is 10.9. The van der Waals surface area contributed by atoms with Gasteiger partial charge in [0.2, 0.25) is 5.76 Å². The largest absolute Gasteiger partial charge is 0.450 e. The Morgan fingerprint density at radius 3 is 2.45 bits per heavy atom. The van der Waals surface area contributed by atoms with Crippen LogP contribution in [-0.4, -0.2) is 30.1 Å². The van der Waals surface area contributed by atoms with Crippen molar-refractivity contribution in [3.8, 4) is 0 Å². The van der Waals surface area contributed by atoms with Gasteiger partial charge in [0.1, 0.15) is 5.58 Å². The molecule has 0 radical (unpaired) electrons. The summed E-state index contributed by atoms with van der Waals surface area (Å²) in [5.74, 6) is -0.0788. The Labute approximate surface area is 181 Å². The molecule has 0 unspecified atom stereocenters. The Kier molecular flexibility index (Phi) is 4.74. The van der Waals surface area contributed by atoms with Gasteiger partial charge in [0.25, 0.3) is 5.91 Å². The lowest BCUT2D eigenvalue weighted by Gasteiger charge is -2.28. The van der Waals surface area contributed by atoms with Crippen molar-refractivity contribution in [3.05, 3.63) is 81.2 Å². The molecule has 0 N–H and O–H groups in total. The number of hydrogen-bond acceptors (Lipinski definition) is 4. The minimum Gasteiger partial charge on any atom is -0.450 e. The molecule has 3 heterocycles. The second-order valence-electron chi connectivity index (χ2n) is 9.54. The third-order valence-corrected chi connectivity index (χ3v) is 6.39. The fourth-order valence-corrected chi connectivity index (χ4v) is 4.68. The number of hydrogen-bond donors (Lipinski definition) is 0. The maximum atomic E-state index is 13.5. The van der Waals surface area contributed by atoms with E-state index in [1.54, 1.807) is 17.0 Å². The molecular weight excluding hydrogens is 390 g/mol. The standard InChI is InChI=1S/C26H27NO4/c1-26(2,3)17-12-10-16(11-13-17)22-21-23(28)19-8-4-5-9-20(19)31-24(21)25(29)27(22)15-18-7-6-14-30-18/h4-5,8-13,18,22H,6-7,14-15H2,1-3H3/t18-,22+/m0/s1. The predicted octanol–water partition coefficient (Wildman–Crippen LogP) is 4.81. The molecule has 2 atom stereocenters. The molecule has 0 spiro atoms. The number of ether oxygens (including phenoxy) is 1. The van der Waals surface area contributed by atoms with Gasteiger partial charge in [-0.15, -0.1) is 0 Å². The van der Waals surface area contributed by atoms with Gasteiger partial charge < -0.3 is 14.1 Å². The maximum Gasteiger partial charge on any atom is 0.291 e. The maximum absolute atomic E-state index is 13.5. The lowest BCUT2D eigenvalue weighted by Crippen LogP contribution is -2.36. The van der Waals surface area contributed by atoms with E-state index in [1.807, 2.05) is 24.3 Å². The average molecular weight is 418 g/mol. The monoisotopic (exact) mass is 417 g/mol. The van der Waals surface area contributed by atoms with E-state index in [9.17, 15) is 9.59 Å². The number of carbonyl (C=O) groups is 1. The molecule has 160 valence electrons. The first-order valence-electron chi connectivity index (χ1n) is 10.9. The number of benzene rings is 2. The van der Waals surface area contributed by atoms with Crippen LogP contribution in [0.2, 0.25) is 0 Å². The van der Waals surface area contributed by atoms with E-state index >= 15 is 0 Å². The van der Waals surface area contributed by atoms with E-state index in [0.717, 1.165) is 18.4 Å². The first kappa shape index (κ1) is 20.0. The highest BCUT2D eigenvalue weighted by Crippen LogP contribution is 2.39. The third kappa shape index (κ3) is 3.37. The molecule has 2 aliphatic rings. The summed E-state index contributed by atoms with van der Waals surface area (Å²) in [5, 5.41) is 0.504. The van der Waals surface area contributed by atoms with E-state index in [-0.39, 0.29) is 28.6 Å². The number of nitrogens with zero attached hydrogens (tertiary/aromatic N) is 1. The Balaban J connectivity index is 1.66. The average Bonchev–Trinajstić information content (AvgIpc) is 3.36. The molecule has 0 aliphatic carbocycles. The van der Waals surface area contributed by atoms with Crippen molar-refractivity contribution in [1.29, 1.82) is 0 Å². The molecule has 5 heteroatoms. The summed E-state index contributed by atoms with van der Waals surface area (Å²) in [6, 6.07) is 14.9. The zero-order valence-corrected chi connectivity index (χ0v) is 18.2. The van der Waals surface area contributed by atoms with E-state index < -0.39 is 6.04 Å². The van der Waals surface area contributed by atoms with Crippen LogP contribution in [0.5, 0.6) is 0 Å². The van der Waals surface area contributed by atoms with Crippen molar-refractivity contribution in [2.45, 2.75) is 51.2 Å². The van der Waals surface area contributed by atoms with Gasteiger partial charge in [0.05, 0.1) is 23.1 Å². The van der Waals surface area contributed by atoms with Crippen molar-refractivity contribution in [1.82, 2.24) is 4.90 Å². The van der Waals surface area contributed by atoms with Crippen LogP contribution in [0.3, 0.4) is 0 Å². The van der Waals surface area contributed by atoms with Gasteiger partial charge in [-0.05, 0) is 41.5 Å². The molecule has 2 aliphatic heterocycles. The van der Waals surface area contributed by atoms with Crippen molar-refractivity contribution < 1.29 is 13.9 Å². The topological polar surface area (TPSA) is 59.8 Å². The number of rotatable bonds is 3. The second-order valence-corrected chi connectivity index (χ2v) is 9.54. The van der Waals surface area contributed by atoms with E-state index in [1.165, 1.54) is 5.56 Å². The summed E-state index contributed by atoms with van der Waals surface area (Å²) in [7, 11) is 0. The Morgan fingerprint density at radius 2 is 1.77 bits per heavy atom. The summed E-state index contributed by atoms with van der Waals surface area (Å²) in [6.45, 7) is 7.67. The highest BCUT2D eigenvalue weighted by molar-refractivity contribution is 5.99. The van der Waals surface area contributed by atoms with Gasteiger partial charge in [0, 0.05) is 13.2 Å². The minimum atomic E-state index is -0.471. The van der Waals surface area contributed by atoms with Crippen molar-refractivity contribution in [2.24, 2.45) is 0 Å². The molecule has 0 saturated carbocycles. The molecule has 2 aromatic carbocycles. The normalized spacial score (nSPS) is 21.1. The Morgan fingerprint density at radius 1 is 1.03 bits per heavy atom. The van der Waals surface area contributed by atoms with Gasteiger partial charge in [-0.1, -0.05) is 57.2 Å². The van der Waals surface area contributed by atoms with Crippen LogP contribution >= 0.6 is 0 Å². The Hall–Kier alpha value is -2.92. The molecule has 0 bridgehead atoms. The van der Waals surface area contributed by atoms with Crippen molar-refractivity contribution >= 4 is 16.9 Å². The lowest BCUT2D eigenvalue weighted by molar-refractivity contribution is 0.0486.